The molecule has 0 amide bonds. The Balaban J connectivity index is 4.17. The number of nitriles is 1. The van der Waals surface area contributed by atoms with Crippen LogP contribution in [0.3, 0.4) is 0 Å². The maximum atomic E-state index is 9.35. The van der Waals surface area contributed by atoms with Gasteiger partial charge in [-0.05, 0) is 67.2 Å². The predicted molar refractivity (Wildman–Crippen MR) is 86.8 cm³/mol. The highest BCUT2D eigenvalue weighted by Gasteiger charge is 2.23. The zero-order valence-electron chi connectivity index (χ0n) is 14.4. The molecule has 0 saturated heterocycles. The van der Waals surface area contributed by atoms with Crippen LogP contribution >= 0.6 is 0 Å². The van der Waals surface area contributed by atoms with E-state index in [9.17, 15) is 5.26 Å². The van der Waals surface area contributed by atoms with Crippen LogP contribution in [-0.2, 0) is 0 Å². The number of hydrogen-bond donors (Lipinski definition) is 1. The van der Waals surface area contributed by atoms with Gasteiger partial charge in [-0.1, -0.05) is 6.92 Å². The van der Waals surface area contributed by atoms with E-state index >= 15 is 0 Å². The Kier molecular flexibility index (Phi) is 9.83. The van der Waals surface area contributed by atoms with E-state index in [1.165, 1.54) is 6.42 Å². The lowest BCUT2D eigenvalue weighted by molar-refractivity contribution is 0.229. The van der Waals surface area contributed by atoms with Crippen LogP contribution in [0.15, 0.2) is 0 Å². The van der Waals surface area contributed by atoms with Crippen LogP contribution in [0.5, 0.6) is 0 Å². The Morgan fingerprint density at radius 1 is 1.15 bits per heavy atom. The number of nitrogens with one attached hydrogen (secondary N) is 1. The summed E-state index contributed by atoms with van der Waals surface area (Å²) >= 11 is 0. The minimum Gasteiger partial charge on any atom is -0.308 e. The van der Waals surface area contributed by atoms with Gasteiger partial charge in [0, 0.05) is 19.1 Å². The summed E-state index contributed by atoms with van der Waals surface area (Å²) in [7, 11) is 4.23. The van der Waals surface area contributed by atoms with Gasteiger partial charge >= 0.3 is 0 Å². The van der Waals surface area contributed by atoms with Crippen molar-refractivity contribution >= 4 is 0 Å². The summed E-state index contributed by atoms with van der Waals surface area (Å²) in [5.41, 5.74) is -0.395. The molecule has 1 unspecified atom stereocenters. The summed E-state index contributed by atoms with van der Waals surface area (Å²) in [5, 5.41) is 12.7. The van der Waals surface area contributed by atoms with Crippen LogP contribution in [0.1, 0.15) is 47.0 Å². The first kappa shape index (κ1) is 19.4. The third-order valence-corrected chi connectivity index (χ3v) is 3.41. The van der Waals surface area contributed by atoms with Gasteiger partial charge in [0.25, 0.3) is 0 Å². The maximum absolute atomic E-state index is 9.35. The summed E-state index contributed by atoms with van der Waals surface area (Å²) in [5.74, 6) is 0. The molecule has 4 heteroatoms. The van der Waals surface area contributed by atoms with Gasteiger partial charge in [0.2, 0.25) is 0 Å². The third kappa shape index (κ3) is 9.30. The largest absolute Gasteiger partial charge is 0.308 e. The lowest BCUT2D eigenvalue weighted by atomic mass is 9.96. The average Bonchev–Trinajstić information content (AvgIpc) is 2.35. The van der Waals surface area contributed by atoms with E-state index < -0.39 is 5.54 Å². The van der Waals surface area contributed by atoms with Crippen LogP contribution in [0.4, 0.5) is 0 Å². The fourth-order valence-corrected chi connectivity index (χ4v) is 2.45. The minimum atomic E-state index is -0.395. The quantitative estimate of drug-likeness (QED) is 0.631. The molecule has 20 heavy (non-hydrogen) atoms. The van der Waals surface area contributed by atoms with Gasteiger partial charge < -0.3 is 9.80 Å². The molecule has 0 aliphatic heterocycles. The summed E-state index contributed by atoms with van der Waals surface area (Å²) < 4.78 is 0. The summed E-state index contributed by atoms with van der Waals surface area (Å²) in [6.45, 7) is 12.9. The molecule has 0 spiro atoms. The number of rotatable bonds is 11. The van der Waals surface area contributed by atoms with Gasteiger partial charge in [0.15, 0.2) is 0 Å². The normalized spacial score (nSPS) is 14.8. The van der Waals surface area contributed by atoms with Crippen LogP contribution in [-0.4, -0.2) is 61.7 Å². The smallest absolute Gasteiger partial charge is 0.104 e. The van der Waals surface area contributed by atoms with E-state index in [4.69, 9.17) is 0 Å². The van der Waals surface area contributed by atoms with Gasteiger partial charge in [0.05, 0.1) is 6.07 Å². The van der Waals surface area contributed by atoms with Crippen molar-refractivity contribution in [3.8, 4) is 6.07 Å². The fraction of sp³-hybridized carbons (Fsp3) is 0.938. The molecule has 4 nitrogen and oxygen atoms in total. The molecule has 0 saturated carbocycles. The zero-order chi connectivity index (χ0) is 15.6. The molecule has 0 aliphatic rings. The van der Waals surface area contributed by atoms with E-state index in [2.05, 4.69) is 56.1 Å². The van der Waals surface area contributed by atoms with Crippen LogP contribution in [0.25, 0.3) is 0 Å². The first-order chi connectivity index (χ1) is 9.33. The van der Waals surface area contributed by atoms with Crippen molar-refractivity contribution in [2.75, 3.05) is 40.3 Å². The van der Waals surface area contributed by atoms with Crippen molar-refractivity contribution in [2.24, 2.45) is 0 Å². The highest BCUT2D eigenvalue weighted by molar-refractivity contribution is 5.04. The molecular weight excluding hydrogens is 248 g/mol. The van der Waals surface area contributed by atoms with Crippen molar-refractivity contribution in [1.29, 1.82) is 5.26 Å². The molecule has 0 rings (SSSR count). The second kappa shape index (κ2) is 10.1. The average molecular weight is 282 g/mol. The maximum Gasteiger partial charge on any atom is 0.104 e. The Morgan fingerprint density at radius 2 is 1.80 bits per heavy atom. The van der Waals surface area contributed by atoms with Crippen molar-refractivity contribution in [3.63, 3.8) is 0 Å². The molecule has 0 radical (unpaired) electrons. The minimum absolute atomic E-state index is 0.347. The van der Waals surface area contributed by atoms with E-state index in [0.29, 0.717) is 6.04 Å². The Bertz CT molecular complexity index is 283. The summed E-state index contributed by atoms with van der Waals surface area (Å²) in [4.78, 5) is 4.73. The fourth-order valence-electron chi connectivity index (χ4n) is 2.45. The molecular formula is C16H34N4. The lowest BCUT2D eigenvalue weighted by Crippen LogP contribution is -2.45. The van der Waals surface area contributed by atoms with Crippen molar-refractivity contribution in [1.82, 2.24) is 15.1 Å². The molecule has 1 N–H and O–H groups in total. The molecule has 0 bridgehead atoms. The molecule has 0 aromatic carbocycles. The summed E-state index contributed by atoms with van der Waals surface area (Å²) in [6.07, 6.45) is 3.16. The van der Waals surface area contributed by atoms with Crippen LogP contribution < -0.4 is 5.32 Å². The highest BCUT2D eigenvalue weighted by atomic mass is 15.2. The van der Waals surface area contributed by atoms with Gasteiger partial charge in [-0.15, -0.1) is 0 Å². The molecule has 0 heterocycles. The number of likely N-dealkylation sites (N-methyl/N-ethyl adjacent to an activating group) is 1. The lowest BCUT2D eigenvalue weighted by Gasteiger charge is -2.28. The first-order valence-corrected chi connectivity index (χ1v) is 7.89. The molecule has 0 fully saturated rings. The number of hydrogen-bond acceptors (Lipinski definition) is 4. The first-order valence-electron chi connectivity index (χ1n) is 7.89. The van der Waals surface area contributed by atoms with Gasteiger partial charge in [-0.3, -0.25) is 5.32 Å². The molecule has 118 valence electrons. The molecule has 0 aliphatic carbocycles. The highest BCUT2D eigenvalue weighted by Crippen LogP contribution is 2.13. The zero-order valence-corrected chi connectivity index (χ0v) is 14.4. The standard InChI is InChI=1S/C16H34N4/c1-7-10-20(13-12-19(5)6)11-8-9-16(4,14-17)18-15(2)3/h15,18H,7-13H2,1-6H3. The van der Waals surface area contributed by atoms with Crippen molar-refractivity contribution in [2.45, 2.75) is 58.5 Å². The van der Waals surface area contributed by atoms with Gasteiger partial charge in [-0.25, -0.2) is 0 Å². The monoisotopic (exact) mass is 282 g/mol. The molecule has 0 aromatic rings. The van der Waals surface area contributed by atoms with Crippen molar-refractivity contribution in [3.05, 3.63) is 0 Å². The third-order valence-electron chi connectivity index (χ3n) is 3.41. The van der Waals surface area contributed by atoms with Crippen LogP contribution in [0.2, 0.25) is 0 Å². The van der Waals surface area contributed by atoms with Crippen molar-refractivity contribution < 1.29 is 0 Å². The Morgan fingerprint density at radius 3 is 2.25 bits per heavy atom. The van der Waals surface area contributed by atoms with Crippen LogP contribution in [0, 0.1) is 11.3 Å². The van der Waals surface area contributed by atoms with E-state index in [-0.39, 0.29) is 0 Å². The van der Waals surface area contributed by atoms with Gasteiger partial charge in [-0.2, -0.15) is 5.26 Å². The topological polar surface area (TPSA) is 42.3 Å². The Labute approximate surface area is 126 Å². The van der Waals surface area contributed by atoms with E-state index in [1.54, 1.807) is 0 Å². The Hall–Kier alpha value is -0.630. The predicted octanol–water partition coefficient (Wildman–Crippen LogP) is 2.32. The van der Waals surface area contributed by atoms with E-state index in [1.807, 2.05) is 6.92 Å². The number of nitrogens with zero attached hydrogens (tertiary/aromatic N) is 3. The van der Waals surface area contributed by atoms with Gasteiger partial charge in [0.1, 0.15) is 5.54 Å². The second-order valence-corrected chi connectivity index (χ2v) is 6.49. The molecule has 1 atom stereocenters. The summed E-state index contributed by atoms with van der Waals surface area (Å²) in [6, 6.07) is 2.78. The second-order valence-electron chi connectivity index (χ2n) is 6.49. The molecule has 0 aromatic heterocycles. The van der Waals surface area contributed by atoms with E-state index in [0.717, 1.165) is 39.0 Å². The SMILES string of the molecule is CCCN(CCCC(C)(C#N)NC(C)C)CCN(C)C.